The van der Waals surface area contributed by atoms with Gasteiger partial charge in [-0.3, -0.25) is 4.79 Å². The van der Waals surface area contributed by atoms with E-state index >= 15 is 0 Å². The molecule has 0 unspecified atom stereocenters. The Morgan fingerprint density at radius 2 is 2.04 bits per heavy atom. The molecule has 120 valence electrons. The van der Waals surface area contributed by atoms with Crippen LogP contribution >= 0.6 is 0 Å². The van der Waals surface area contributed by atoms with Crippen LogP contribution in [-0.2, 0) is 4.79 Å². The second-order valence-corrected chi connectivity index (χ2v) is 5.43. The van der Waals surface area contributed by atoms with Crippen LogP contribution in [0.5, 0.6) is 5.75 Å². The summed E-state index contributed by atoms with van der Waals surface area (Å²) in [6, 6.07) is 6.63. The molecule has 1 fully saturated rings. The van der Waals surface area contributed by atoms with Crippen molar-refractivity contribution >= 4 is 17.6 Å². The molecule has 1 aliphatic carbocycles. The number of hydrogen-bond acceptors (Lipinski definition) is 5. The van der Waals surface area contributed by atoms with Gasteiger partial charge >= 0.3 is 5.97 Å². The average Bonchev–Trinajstić information content (AvgIpc) is 3.29. The van der Waals surface area contributed by atoms with Gasteiger partial charge in [0.05, 0.1) is 5.69 Å². The Labute approximate surface area is 132 Å². The Morgan fingerprint density at radius 3 is 2.65 bits per heavy atom. The smallest absolute Gasteiger partial charge is 0.341 e. The van der Waals surface area contributed by atoms with Crippen molar-refractivity contribution < 1.29 is 24.0 Å². The number of benzene rings is 1. The third kappa shape index (κ3) is 3.33. The van der Waals surface area contributed by atoms with E-state index in [0.29, 0.717) is 22.9 Å². The first-order chi connectivity index (χ1) is 11.1. The first kappa shape index (κ1) is 15.1. The van der Waals surface area contributed by atoms with E-state index < -0.39 is 12.6 Å². The molecule has 2 aromatic rings. The molecule has 3 rings (SSSR count). The lowest BCUT2D eigenvalue weighted by Gasteiger charge is -2.17. The fourth-order valence-corrected chi connectivity index (χ4v) is 2.27. The Morgan fingerprint density at radius 1 is 1.35 bits per heavy atom. The van der Waals surface area contributed by atoms with Crippen molar-refractivity contribution in [1.29, 1.82) is 0 Å². The predicted molar refractivity (Wildman–Crippen MR) is 80.8 cm³/mol. The van der Waals surface area contributed by atoms with Crippen LogP contribution in [0.2, 0.25) is 0 Å². The second kappa shape index (κ2) is 6.12. The number of nitrogens with zero attached hydrogens (tertiary/aromatic N) is 2. The molecule has 1 saturated carbocycles. The number of aliphatic carboxylic acids is 1. The fraction of sp³-hybridized carbons (Fsp3) is 0.312. The number of carboxylic acid groups (broad SMARTS) is 1. The lowest BCUT2D eigenvalue weighted by atomic mass is 10.1. The summed E-state index contributed by atoms with van der Waals surface area (Å²) >= 11 is 0. The topological polar surface area (TPSA) is 92.9 Å². The van der Waals surface area contributed by atoms with Crippen molar-refractivity contribution in [2.75, 3.05) is 18.6 Å². The maximum Gasteiger partial charge on any atom is 0.341 e. The molecule has 0 saturated heterocycles. The number of rotatable bonds is 6. The maximum absolute atomic E-state index is 12.6. The van der Waals surface area contributed by atoms with E-state index in [2.05, 4.69) is 5.16 Å². The minimum Gasteiger partial charge on any atom is -0.482 e. The zero-order valence-electron chi connectivity index (χ0n) is 12.6. The van der Waals surface area contributed by atoms with Crippen LogP contribution in [0.4, 0.5) is 5.69 Å². The minimum atomic E-state index is -1.04. The van der Waals surface area contributed by atoms with E-state index in [4.69, 9.17) is 14.4 Å². The molecule has 1 amide bonds. The standard InChI is InChI=1S/C16H16N2O5/c1-18(11-4-6-12(7-5-11)22-9-14(19)20)16(21)13-8-23-17-15(13)10-2-3-10/h4-8,10H,2-3,9H2,1H3,(H,19,20). The van der Waals surface area contributed by atoms with E-state index in [0.717, 1.165) is 18.5 Å². The Bertz CT molecular complexity index is 718. The Hall–Kier alpha value is -2.83. The largest absolute Gasteiger partial charge is 0.482 e. The molecule has 0 aliphatic heterocycles. The van der Waals surface area contributed by atoms with Crippen LogP contribution in [0.3, 0.4) is 0 Å². The third-order valence-electron chi connectivity index (χ3n) is 3.68. The van der Waals surface area contributed by atoms with E-state index in [-0.39, 0.29) is 5.91 Å². The third-order valence-corrected chi connectivity index (χ3v) is 3.68. The Balaban J connectivity index is 1.71. The van der Waals surface area contributed by atoms with Gasteiger partial charge in [0.25, 0.3) is 5.91 Å². The number of ether oxygens (including phenoxy) is 1. The molecule has 1 heterocycles. The molecule has 1 aromatic heterocycles. The number of anilines is 1. The molecule has 1 aliphatic rings. The van der Waals surface area contributed by atoms with Crippen LogP contribution in [-0.4, -0.2) is 35.8 Å². The van der Waals surface area contributed by atoms with Gasteiger partial charge in [0, 0.05) is 18.7 Å². The van der Waals surface area contributed by atoms with Gasteiger partial charge in [-0.25, -0.2) is 4.79 Å². The summed E-state index contributed by atoms with van der Waals surface area (Å²) in [6.07, 6.45) is 3.45. The number of carbonyl (C=O) groups is 2. The van der Waals surface area contributed by atoms with Gasteiger partial charge in [0.1, 0.15) is 17.6 Å². The van der Waals surface area contributed by atoms with Crippen molar-refractivity contribution in [3.63, 3.8) is 0 Å². The molecule has 0 bridgehead atoms. The number of amides is 1. The monoisotopic (exact) mass is 316 g/mol. The molecule has 0 spiro atoms. The number of carbonyl (C=O) groups excluding carboxylic acids is 1. The summed E-state index contributed by atoms with van der Waals surface area (Å²) in [4.78, 5) is 24.5. The maximum atomic E-state index is 12.6. The first-order valence-corrected chi connectivity index (χ1v) is 7.23. The van der Waals surface area contributed by atoms with Crippen molar-refractivity contribution in [2.24, 2.45) is 0 Å². The van der Waals surface area contributed by atoms with Crippen LogP contribution < -0.4 is 9.64 Å². The summed E-state index contributed by atoms with van der Waals surface area (Å²) in [7, 11) is 1.67. The molecule has 7 nitrogen and oxygen atoms in total. The highest BCUT2D eigenvalue weighted by Crippen LogP contribution is 2.41. The molecule has 23 heavy (non-hydrogen) atoms. The quantitative estimate of drug-likeness (QED) is 0.879. The van der Waals surface area contributed by atoms with Gasteiger partial charge < -0.3 is 19.3 Å². The highest BCUT2D eigenvalue weighted by atomic mass is 16.5. The van der Waals surface area contributed by atoms with Gasteiger partial charge in [-0.1, -0.05) is 5.16 Å². The van der Waals surface area contributed by atoms with Gasteiger partial charge in [-0.15, -0.1) is 0 Å². The van der Waals surface area contributed by atoms with Crippen LogP contribution in [0.25, 0.3) is 0 Å². The molecule has 7 heteroatoms. The van der Waals surface area contributed by atoms with E-state index in [1.54, 1.807) is 31.3 Å². The second-order valence-electron chi connectivity index (χ2n) is 5.43. The predicted octanol–water partition coefficient (Wildman–Crippen LogP) is 2.29. The minimum absolute atomic E-state index is 0.188. The summed E-state index contributed by atoms with van der Waals surface area (Å²) in [5, 5.41) is 12.5. The molecule has 0 atom stereocenters. The fourth-order valence-electron chi connectivity index (χ4n) is 2.27. The summed E-state index contributed by atoms with van der Waals surface area (Å²) in [6.45, 7) is -0.403. The molecule has 1 N–H and O–H groups in total. The van der Waals surface area contributed by atoms with Crippen molar-refractivity contribution in [3.05, 3.63) is 41.8 Å². The van der Waals surface area contributed by atoms with Crippen molar-refractivity contribution in [1.82, 2.24) is 5.16 Å². The summed E-state index contributed by atoms with van der Waals surface area (Å²) < 4.78 is 10.0. The summed E-state index contributed by atoms with van der Waals surface area (Å²) in [5.41, 5.74) is 1.88. The number of hydrogen-bond donors (Lipinski definition) is 1. The molecular weight excluding hydrogens is 300 g/mol. The SMILES string of the molecule is CN(C(=O)c1conc1C1CC1)c1ccc(OCC(=O)O)cc1. The highest BCUT2D eigenvalue weighted by Gasteiger charge is 2.32. The van der Waals surface area contributed by atoms with Gasteiger partial charge in [0.15, 0.2) is 6.61 Å². The van der Waals surface area contributed by atoms with Crippen molar-refractivity contribution in [3.8, 4) is 5.75 Å². The average molecular weight is 316 g/mol. The van der Waals surface area contributed by atoms with Crippen LogP contribution in [0.1, 0.15) is 34.8 Å². The zero-order chi connectivity index (χ0) is 16.4. The molecule has 1 aromatic carbocycles. The normalized spacial score (nSPS) is 13.6. The van der Waals surface area contributed by atoms with Crippen LogP contribution in [0.15, 0.2) is 35.1 Å². The zero-order valence-corrected chi connectivity index (χ0v) is 12.6. The highest BCUT2D eigenvalue weighted by molar-refractivity contribution is 6.06. The number of carboxylic acids is 1. The van der Waals surface area contributed by atoms with Crippen LogP contribution in [0, 0.1) is 0 Å². The Kier molecular flexibility index (Phi) is 4.01. The lowest BCUT2D eigenvalue weighted by Crippen LogP contribution is -2.26. The lowest BCUT2D eigenvalue weighted by molar-refractivity contribution is -0.139. The van der Waals surface area contributed by atoms with Crippen molar-refractivity contribution in [2.45, 2.75) is 18.8 Å². The molecule has 0 radical (unpaired) electrons. The van der Waals surface area contributed by atoms with Gasteiger partial charge in [-0.05, 0) is 37.1 Å². The van der Waals surface area contributed by atoms with Gasteiger partial charge in [-0.2, -0.15) is 0 Å². The molecular formula is C16H16N2O5. The van der Waals surface area contributed by atoms with E-state index in [1.807, 2.05) is 0 Å². The van der Waals surface area contributed by atoms with E-state index in [9.17, 15) is 9.59 Å². The van der Waals surface area contributed by atoms with E-state index in [1.165, 1.54) is 11.2 Å². The number of aromatic nitrogens is 1. The summed E-state index contributed by atoms with van der Waals surface area (Å²) in [5.74, 6) is -0.470. The first-order valence-electron chi connectivity index (χ1n) is 7.23. The van der Waals surface area contributed by atoms with Gasteiger partial charge in [0.2, 0.25) is 0 Å².